The summed E-state index contributed by atoms with van der Waals surface area (Å²) in [5, 5.41) is 3.04. The third-order valence-electron chi connectivity index (χ3n) is 3.53. The van der Waals surface area contributed by atoms with Gasteiger partial charge in [0.05, 0.1) is 12.5 Å². The molecular formula is C14H17N3O2S. The van der Waals surface area contributed by atoms with Crippen LogP contribution >= 0.6 is 11.3 Å². The first-order chi connectivity index (χ1) is 9.83. The average Bonchev–Trinajstić information content (AvgIpc) is 3.18. The van der Waals surface area contributed by atoms with Crippen LogP contribution in [0, 0.1) is 0 Å². The average molecular weight is 291 g/mol. The number of piperazine rings is 1. The minimum absolute atomic E-state index is 0.227. The molecule has 0 radical (unpaired) electrons. The van der Waals surface area contributed by atoms with E-state index in [0.717, 1.165) is 43.3 Å². The summed E-state index contributed by atoms with van der Waals surface area (Å²) in [5.41, 5.74) is 1.08. The van der Waals surface area contributed by atoms with Crippen molar-refractivity contribution in [2.75, 3.05) is 31.1 Å². The molecular weight excluding hydrogens is 274 g/mol. The van der Waals surface area contributed by atoms with Gasteiger partial charge in [0.15, 0.2) is 5.13 Å². The van der Waals surface area contributed by atoms with E-state index in [1.54, 1.807) is 23.9 Å². The number of aromatic nitrogens is 1. The maximum atomic E-state index is 12.2. The number of carbonyl (C=O) groups excluding carboxylic acids is 1. The van der Waals surface area contributed by atoms with E-state index < -0.39 is 0 Å². The molecule has 3 heterocycles. The van der Waals surface area contributed by atoms with E-state index in [-0.39, 0.29) is 5.91 Å². The summed E-state index contributed by atoms with van der Waals surface area (Å²) < 4.78 is 5.01. The summed E-state index contributed by atoms with van der Waals surface area (Å²) in [5.74, 6) is 0.227. The van der Waals surface area contributed by atoms with Crippen LogP contribution in [0.3, 0.4) is 0 Å². The van der Waals surface area contributed by atoms with Gasteiger partial charge in [-0.05, 0) is 18.1 Å². The molecule has 106 valence electrons. The SMILES string of the molecule is O=C(CCc1ccoc1)N1CCN(c2nccs2)CC1. The van der Waals surface area contributed by atoms with Crippen LogP contribution in [0.25, 0.3) is 0 Å². The zero-order chi connectivity index (χ0) is 13.8. The molecule has 0 unspecified atom stereocenters. The molecule has 3 rings (SSSR count). The van der Waals surface area contributed by atoms with Crippen molar-refractivity contribution in [3.63, 3.8) is 0 Å². The Hall–Kier alpha value is -1.82. The van der Waals surface area contributed by atoms with Crippen LogP contribution in [0.5, 0.6) is 0 Å². The number of hydrogen-bond acceptors (Lipinski definition) is 5. The number of anilines is 1. The number of hydrogen-bond donors (Lipinski definition) is 0. The van der Waals surface area contributed by atoms with E-state index in [1.165, 1.54) is 0 Å². The Bertz CT molecular complexity index is 531. The molecule has 0 atom stereocenters. The fraction of sp³-hybridized carbons (Fsp3) is 0.429. The van der Waals surface area contributed by atoms with Crippen molar-refractivity contribution in [2.24, 2.45) is 0 Å². The van der Waals surface area contributed by atoms with E-state index in [2.05, 4.69) is 9.88 Å². The number of furan rings is 1. The summed E-state index contributed by atoms with van der Waals surface area (Å²) in [6, 6.07) is 1.91. The van der Waals surface area contributed by atoms with Crippen LogP contribution in [0.4, 0.5) is 5.13 Å². The molecule has 0 spiro atoms. The Kier molecular flexibility index (Phi) is 4.01. The first-order valence-corrected chi connectivity index (χ1v) is 7.64. The number of carbonyl (C=O) groups is 1. The van der Waals surface area contributed by atoms with Crippen molar-refractivity contribution in [1.82, 2.24) is 9.88 Å². The minimum Gasteiger partial charge on any atom is -0.472 e. The van der Waals surface area contributed by atoms with Crippen LogP contribution in [0.2, 0.25) is 0 Å². The number of aryl methyl sites for hydroxylation is 1. The highest BCUT2D eigenvalue weighted by Crippen LogP contribution is 2.19. The molecule has 1 aliphatic heterocycles. The number of thiazole rings is 1. The fourth-order valence-corrected chi connectivity index (χ4v) is 3.06. The molecule has 0 aromatic carbocycles. The van der Waals surface area contributed by atoms with Crippen molar-refractivity contribution in [1.29, 1.82) is 0 Å². The first kappa shape index (κ1) is 13.2. The second-order valence-corrected chi connectivity index (χ2v) is 5.69. The second kappa shape index (κ2) is 6.09. The van der Waals surface area contributed by atoms with Gasteiger partial charge in [-0.25, -0.2) is 4.98 Å². The highest BCUT2D eigenvalue weighted by Gasteiger charge is 2.21. The van der Waals surface area contributed by atoms with Crippen molar-refractivity contribution < 1.29 is 9.21 Å². The van der Waals surface area contributed by atoms with Gasteiger partial charge < -0.3 is 14.2 Å². The van der Waals surface area contributed by atoms with Gasteiger partial charge in [-0.3, -0.25) is 4.79 Å². The molecule has 2 aromatic heterocycles. The van der Waals surface area contributed by atoms with Crippen LogP contribution in [0.15, 0.2) is 34.6 Å². The van der Waals surface area contributed by atoms with Crippen molar-refractivity contribution in [3.8, 4) is 0 Å². The van der Waals surface area contributed by atoms with E-state index >= 15 is 0 Å². The molecule has 20 heavy (non-hydrogen) atoms. The van der Waals surface area contributed by atoms with Gasteiger partial charge in [-0.15, -0.1) is 11.3 Å². The smallest absolute Gasteiger partial charge is 0.223 e. The molecule has 0 saturated carbocycles. The van der Waals surface area contributed by atoms with Crippen molar-refractivity contribution in [3.05, 3.63) is 35.7 Å². The lowest BCUT2D eigenvalue weighted by Gasteiger charge is -2.34. The minimum atomic E-state index is 0.227. The van der Waals surface area contributed by atoms with Gasteiger partial charge in [0, 0.05) is 44.2 Å². The van der Waals surface area contributed by atoms with Crippen molar-refractivity contribution >= 4 is 22.4 Å². The molecule has 6 heteroatoms. The van der Waals surface area contributed by atoms with Gasteiger partial charge >= 0.3 is 0 Å². The molecule has 0 N–H and O–H groups in total. The predicted molar refractivity (Wildman–Crippen MR) is 77.9 cm³/mol. The third-order valence-corrected chi connectivity index (χ3v) is 4.36. The number of rotatable bonds is 4. The second-order valence-electron chi connectivity index (χ2n) is 4.81. The Balaban J connectivity index is 1.46. The summed E-state index contributed by atoms with van der Waals surface area (Å²) in [6.07, 6.45) is 6.47. The molecule has 5 nitrogen and oxygen atoms in total. The Morgan fingerprint density at radius 2 is 2.20 bits per heavy atom. The van der Waals surface area contributed by atoms with Crippen LogP contribution in [0.1, 0.15) is 12.0 Å². The Labute approximate surface area is 121 Å². The topological polar surface area (TPSA) is 49.6 Å². The zero-order valence-corrected chi connectivity index (χ0v) is 12.0. The maximum absolute atomic E-state index is 12.2. The van der Waals surface area contributed by atoms with E-state index in [4.69, 9.17) is 4.42 Å². The van der Waals surface area contributed by atoms with Gasteiger partial charge in [0.25, 0.3) is 0 Å². The third kappa shape index (κ3) is 3.01. The van der Waals surface area contributed by atoms with Gasteiger partial charge in [-0.1, -0.05) is 0 Å². The lowest BCUT2D eigenvalue weighted by atomic mass is 10.1. The molecule has 1 saturated heterocycles. The highest BCUT2D eigenvalue weighted by molar-refractivity contribution is 7.13. The first-order valence-electron chi connectivity index (χ1n) is 6.76. The van der Waals surface area contributed by atoms with E-state index in [0.29, 0.717) is 6.42 Å². The molecule has 1 aliphatic rings. The van der Waals surface area contributed by atoms with Gasteiger partial charge in [0.1, 0.15) is 0 Å². The van der Waals surface area contributed by atoms with Gasteiger partial charge in [0.2, 0.25) is 5.91 Å². The van der Waals surface area contributed by atoms with Crippen molar-refractivity contribution in [2.45, 2.75) is 12.8 Å². The highest BCUT2D eigenvalue weighted by atomic mass is 32.1. The monoisotopic (exact) mass is 291 g/mol. The van der Waals surface area contributed by atoms with E-state index in [9.17, 15) is 4.79 Å². The molecule has 1 fully saturated rings. The predicted octanol–water partition coefficient (Wildman–Crippen LogP) is 2.02. The Morgan fingerprint density at radius 3 is 2.85 bits per heavy atom. The summed E-state index contributed by atoms with van der Waals surface area (Å²) in [7, 11) is 0. The summed E-state index contributed by atoms with van der Waals surface area (Å²) >= 11 is 1.65. The molecule has 0 bridgehead atoms. The largest absolute Gasteiger partial charge is 0.472 e. The van der Waals surface area contributed by atoms with Crippen LogP contribution in [-0.2, 0) is 11.2 Å². The number of amides is 1. The Morgan fingerprint density at radius 1 is 1.35 bits per heavy atom. The molecule has 1 amide bonds. The lowest BCUT2D eigenvalue weighted by molar-refractivity contribution is -0.131. The quantitative estimate of drug-likeness (QED) is 0.864. The summed E-state index contributed by atoms with van der Waals surface area (Å²) in [6.45, 7) is 3.30. The fourth-order valence-electron chi connectivity index (χ4n) is 2.36. The van der Waals surface area contributed by atoms with Gasteiger partial charge in [-0.2, -0.15) is 0 Å². The normalized spacial score (nSPS) is 15.6. The van der Waals surface area contributed by atoms with Crippen LogP contribution in [-0.4, -0.2) is 42.0 Å². The standard InChI is InChI=1S/C14H17N3O2S/c18-13(2-1-12-3-9-19-11-12)16-5-7-17(8-6-16)14-15-4-10-20-14/h3-4,9-11H,1-2,5-8H2. The van der Waals surface area contributed by atoms with E-state index in [1.807, 2.05) is 22.5 Å². The van der Waals surface area contributed by atoms with Crippen LogP contribution < -0.4 is 4.90 Å². The lowest BCUT2D eigenvalue weighted by Crippen LogP contribution is -2.48. The maximum Gasteiger partial charge on any atom is 0.223 e. The summed E-state index contributed by atoms with van der Waals surface area (Å²) in [4.78, 5) is 20.6. The molecule has 2 aromatic rings. The molecule has 0 aliphatic carbocycles. The number of nitrogens with zero attached hydrogens (tertiary/aromatic N) is 3. The zero-order valence-electron chi connectivity index (χ0n) is 11.2.